The third-order valence-corrected chi connectivity index (χ3v) is 5.83. The van der Waals surface area contributed by atoms with Gasteiger partial charge in [0.05, 0.1) is 29.2 Å². The largest absolute Gasteiger partial charge is 0.496 e. The van der Waals surface area contributed by atoms with Crippen molar-refractivity contribution < 1.29 is 9.84 Å². The molecule has 0 atom stereocenters. The second-order valence-corrected chi connectivity index (χ2v) is 7.78. The average Bonchev–Trinajstić information content (AvgIpc) is 3.14. The van der Waals surface area contributed by atoms with Crippen LogP contribution in [0.4, 0.5) is 5.69 Å². The smallest absolute Gasteiger partial charge is 0.202 e. The Bertz CT molecular complexity index is 1440. The van der Waals surface area contributed by atoms with Crippen LogP contribution in [-0.2, 0) is 6.54 Å². The molecule has 0 bridgehead atoms. The van der Waals surface area contributed by atoms with Crippen LogP contribution >= 0.6 is 0 Å². The van der Waals surface area contributed by atoms with Gasteiger partial charge in [-0.2, -0.15) is 0 Å². The molecule has 2 aromatic carbocycles. The van der Waals surface area contributed by atoms with Gasteiger partial charge in [0.15, 0.2) is 0 Å². The molecule has 0 saturated heterocycles. The van der Waals surface area contributed by atoms with Crippen molar-refractivity contribution in [1.29, 1.82) is 0 Å². The molecule has 6 heteroatoms. The highest BCUT2D eigenvalue weighted by molar-refractivity contribution is 6.12. The molecule has 3 N–H and O–H groups in total. The number of para-hydroxylation sites is 1. The molecule has 5 rings (SSSR count). The number of fused-ring (bicyclic) bond motifs is 2. The van der Waals surface area contributed by atoms with Crippen LogP contribution in [0.1, 0.15) is 13.3 Å². The van der Waals surface area contributed by atoms with Crippen molar-refractivity contribution in [3.63, 3.8) is 0 Å². The summed E-state index contributed by atoms with van der Waals surface area (Å²) in [5.41, 5.74) is 12.5. The Morgan fingerprint density at radius 1 is 1.03 bits per heavy atom. The second kappa shape index (κ2) is 7.89. The highest BCUT2D eigenvalue weighted by atomic mass is 16.5. The van der Waals surface area contributed by atoms with Crippen molar-refractivity contribution in [2.75, 3.05) is 12.8 Å². The average molecular weight is 425 g/mol. The van der Waals surface area contributed by atoms with Crippen LogP contribution < -0.4 is 10.5 Å². The van der Waals surface area contributed by atoms with Gasteiger partial charge in [0, 0.05) is 41.6 Å². The van der Waals surface area contributed by atoms with Gasteiger partial charge >= 0.3 is 0 Å². The number of nitrogens with zero attached hydrogens (tertiary/aromatic N) is 3. The Morgan fingerprint density at radius 2 is 1.84 bits per heavy atom. The topological polar surface area (TPSA) is 86.2 Å². The number of aromatic nitrogens is 3. The lowest BCUT2D eigenvalue weighted by atomic mass is 9.96. The Balaban J connectivity index is 1.79. The molecule has 3 aromatic heterocycles. The molecule has 32 heavy (non-hydrogen) atoms. The molecule has 0 amide bonds. The first-order valence-corrected chi connectivity index (χ1v) is 10.6. The third-order valence-electron chi connectivity index (χ3n) is 5.83. The molecule has 0 unspecified atom stereocenters. The van der Waals surface area contributed by atoms with Crippen molar-refractivity contribution in [3.05, 3.63) is 67.1 Å². The van der Waals surface area contributed by atoms with Gasteiger partial charge in [0.25, 0.3) is 0 Å². The number of rotatable bonds is 5. The maximum Gasteiger partial charge on any atom is 0.202 e. The highest BCUT2D eigenvalue weighted by Gasteiger charge is 2.19. The van der Waals surface area contributed by atoms with E-state index in [4.69, 9.17) is 15.5 Å². The molecule has 0 saturated carbocycles. The summed E-state index contributed by atoms with van der Waals surface area (Å²) in [6.45, 7) is 2.77. The first-order chi connectivity index (χ1) is 15.6. The molecule has 0 radical (unpaired) electrons. The minimum absolute atomic E-state index is 0.163. The number of aromatic hydroxyl groups is 1. The number of aryl methyl sites for hydroxylation is 1. The minimum atomic E-state index is 0.163. The van der Waals surface area contributed by atoms with Gasteiger partial charge < -0.3 is 20.1 Å². The summed E-state index contributed by atoms with van der Waals surface area (Å²) < 4.78 is 7.50. The number of anilines is 1. The van der Waals surface area contributed by atoms with Crippen LogP contribution in [0, 0.1) is 0 Å². The third kappa shape index (κ3) is 3.12. The molecule has 0 spiro atoms. The van der Waals surface area contributed by atoms with E-state index in [1.54, 1.807) is 24.1 Å². The van der Waals surface area contributed by atoms with Crippen LogP contribution in [0.3, 0.4) is 0 Å². The zero-order valence-corrected chi connectivity index (χ0v) is 18.0. The lowest BCUT2D eigenvalue weighted by Gasteiger charge is -2.14. The fourth-order valence-corrected chi connectivity index (χ4v) is 4.28. The fraction of sp³-hybridized carbons (Fsp3) is 0.154. The number of hydrogen-bond acceptors (Lipinski definition) is 5. The molecule has 5 aromatic rings. The van der Waals surface area contributed by atoms with Gasteiger partial charge in [-0.05, 0) is 41.8 Å². The van der Waals surface area contributed by atoms with Gasteiger partial charge in [0.2, 0.25) is 5.88 Å². The van der Waals surface area contributed by atoms with Crippen LogP contribution in [0.15, 0.2) is 67.1 Å². The fourth-order valence-electron chi connectivity index (χ4n) is 4.28. The maximum absolute atomic E-state index is 10.7. The number of nitrogens with two attached hydrogens (primary N) is 1. The summed E-state index contributed by atoms with van der Waals surface area (Å²) in [4.78, 5) is 9.05. The zero-order valence-electron chi connectivity index (χ0n) is 18.0. The van der Waals surface area contributed by atoms with E-state index in [0.717, 1.165) is 45.3 Å². The SMILES string of the molecule is CCCn1cc2nc3c(-c4cc(-c5ccncc5)ccc4OC)cccc3c(N)c2c1O. The summed E-state index contributed by atoms with van der Waals surface area (Å²) in [6, 6.07) is 16.0. The van der Waals surface area contributed by atoms with Crippen LogP contribution in [0.5, 0.6) is 11.6 Å². The molecular weight excluding hydrogens is 400 g/mol. The molecule has 0 fully saturated rings. The van der Waals surface area contributed by atoms with Gasteiger partial charge in [0.1, 0.15) is 5.75 Å². The van der Waals surface area contributed by atoms with E-state index >= 15 is 0 Å². The number of benzene rings is 2. The van der Waals surface area contributed by atoms with Crippen LogP contribution in [-0.4, -0.2) is 26.8 Å². The van der Waals surface area contributed by atoms with Gasteiger partial charge in [-0.1, -0.05) is 31.2 Å². The Hall–Kier alpha value is -4.06. The van der Waals surface area contributed by atoms with Crippen molar-refractivity contribution in [1.82, 2.24) is 14.5 Å². The molecule has 0 aliphatic carbocycles. The van der Waals surface area contributed by atoms with E-state index in [-0.39, 0.29) is 5.88 Å². The van der Waals surface area contributed by atoms with Gasteiger partial charge in [-0.15, -0.1) is 0 Å². The lowest BCUT2D eigenvalue weighted by molar-refractivity contribution is 0.416. The summed E-state index contributed by atoms with van der Waals surface area (Å²) in [7, 11) is 1.67. The second-order valence-electron chi connectivity index (χ2n) is 7.78. The highest BCUT2D eigenvalue weighted by Crippen LogP contribution is 2.41. The van der Waals surface area contributed by atoms with E-state index in [0.29, 0.717) is 23.1 Å². The number of ether oxygens (including phenoxy) is 1. The predicted octanol–water partition coefficient (Wildman–Crippen LogP) is 5.62. The zero-order chi connectivity index (χ0) is 22.2. The Kier molecular flexibility index (Phi) is 4.90. The van der Waals surface area contributed by atoms with Crippen molar-refractivity contribution in [3.8, 4) is 33.9 Å². The predicted molar refractivity (Wildman–Crippen MR) is 129 cm³/mol. The van der Waals surface area contributed by atoms with Crippen molar-refractivity contribution in [2.45, 2.75) is 19.9 Å². The van der Waals surface area contributed by atoms with Crippen LogP contribution in [0.2, 0.25) is 0 Å². The van der Waals surface area contributed by atoms with Gasteiger partial charge in [-0.25, -0.2) is 4.98 Å². The summed E-state index contributed by atoms with van der Waals surface area (Å²) in [5, 5.41) is 12.1. The molecule has 0 aliphatic rings. The first kappa shape index (κ1) is 19.9. The summed E-state index contributed by atoms with van der Waals surface area (Å²) in [5.74, 6) is 0.915. The quantitative estimate of drug-likeness (QED) is 0.382. The Morgan fingerprint density at radius 3 is 2.59 bits per heavy atom. The molecule has 3 heterocycles. The standard InChI is InChI=1S/C26H24N4O2/c1-3-13-30-15-21-23(26(30)31)24(27)19-6-4-5-18(25(19)29-21)20-14-17(7-8-22(20)32-2)16-9-11-28-12-10-16/h4-12,14-15,31H,3,13,27H2,1-2H3. The lowest BCUT2D eigenvalue weighted by Crippen LogP contribution is -1.95. The minimum Gasteiger partial charge on any atom is -0.496 e. The van der Waals surface area contributed by atoms with Crippen molar-refractivity contribution in [2.24, 2.45) is 0 Å². The first-order valence-electron chi connectivity index (χ1n) is 10.6. The number of methoxy groups -OCH3 is 1. The molecule has 160 valence electrons. The van der Waals surface area contributed by atoms with Gasteiger partial charge in [-0.3, -0.25) is 4.98 Å². The normalized spacial score (nSPS) is 11.3. The van der Waals surface area contributed by atoms with E-state index in [1.807, 2.05) is 48.7 Å². The van der Waals surface area contributed by atoms with E-state index < -0.39 is 0 Å². The summed E-state index contributed by atoms with van der Waals surface area (Å²) in [6.07, 6.45) is 6.33. The molecule has 6 nitrogen and oxygen atoms in total. The van der Waals surface area contributed by atoms with Crippen LogP contribution in [0.25, 0.3) is 44.1 Å². The van der Waals surface area contributed by atoms with E-state index in [2.05, 4.69) is 18.0 Å². The van der Waals surface area contributed by atoms with E-state index in [9.17, 15) is 5.11 Å². The molecule has 0 aliphatic heterocycles. The number of nitrogen functional groups attached to an aromatic ring is 1. The Labute approximate surface area is 185 Å². The summed E-state index contributed by atoms with van der Waals surface area (Å²) >= 11 is 0. The number of hydrogen-bond donors (Lipinski definition) is 2. The molecular formula is C26H24N4O2. The monoisotopic (exact) mass is 424 g/mol. The van der Waals surface area contributed by atoms with E-state index in [1.165, 1.54) is 0 Å². The maximum atomic E-state index is 10.7. The number of pyridine rings is 2. The van der Waals surface area contributed by atoms with Crippen molar-refractivity contribution >= 4 is 27.5 Å².